The first-order chi connectivity index (χ1) is 22.3. The Labute approximate surface area is 304 Å². The summed E-state index contributed by atoms with van der Waals surface area (Å²) >= 11 is 0. The van der Waals surface area contributed by atoms with Gasteiger partial charge >= 0.3 is 0 Å². The molecule has 1 aliphatic rings. The molecule has 4 aromatic rings. The number of aromatic nitrogens is 1. The van der Waals surface area contributed by atoms with Gasteiger partial charge in [-0.05, 0) is 84.2 Å². The molecule has 4 heteroatoms. The fourth-order valence-electron chi connectivity index (χ4n) is 6.48. The fourth-order valence-corrected chi connectivity index (χ4v) is 6.48. The maximum Gasteiger partial charge on any atom is 0.164 e. The van der Waals surface area contributed by atoms with Gasteiger partial charge in [0.05, 0.1) is 0 Å². The summed E-state index contributed by atoms with van der Waals surface area (Å²) in [5, 5.41) is 12.6. The number of ketones is 1. The third-order valence-corrected chi connectivity index (χ3v) is 11.1. The monoisotopic (exact) mass is 823 g/mol. The molecule has 0 amide bonds. The Bertz CT molecular complexity index is 1740. The van der Waals surface area contributed by atoms with Crippen LogP contribution < -0.4 is 0 Å². The summed E-state index contributed by atoms with van der Waals surface area (Å²) < 4.78 is 0. The maximum absolute atomic E-state index is 12.2. The zero-order chi connectivity index (χ0) is 34.5. The van der Waals surface area contributed by atoms with E-state index in [1.165, 1.54) is 50.2 Å². The smallest absolute Gasteiger partial charge is 0.164 e. The van der Waals surface area contributed by atoms with Gasteiger partial charge in [0.1, 0.15) is 5.76 Å². The van der Waals surface area contributed by atoms with Crippen molar-refractivity contribution in [2.75, 3.05) is 0 Å². The van der Waals surface area contributed by atoms with Crippen LogP contribution in [0.1, 0.15) is 129 Å². The molecular weight excluding hydrogens is 767 g/mol. The third kappa shape index (κ3) is 8.20. The summed E-state index contributed by atoms with van der Waals surface area (Å²) in [7, 11) is 0. The zero-order valence-corrected chi connectivity index (χ0v) is 33.3. The van der Waals surface area contributed by atoms with E-state index in [0.717, 1.165) is 49.8 Å². The first kappa shape index (κ1) is 39.4. The van der Waals surface area contributed by atoms with Gasteiger partial charge in [0.2, 0.25) is 0 Å². The predicted octanol–water partition coefficient (Wildman–Crippen LogP) is 12.4. The summed E-state index contributed by atoms with van der Waals surface area (Å²) in [6, 6.07) is 23.8. The first-order valence-corrected chi connectivity index (χ1v) is 17.8. The molecule has 1 N–H and O–H groups in total. The van der Waals surface area contributed by atoms with Crippen LogP contribution in [0.25, 0.3) is 33.2 Å². The fraction of sp³-hybridized carbons (Fsp3) is 0.455. The van der Waals surface area contributed by atoms with Gasteiger partial charge in [0.25, 0.3) is 0 Å². The predicted molar refractivity (Wildman–Crippen MR) is 200 cm³/mol. The molecule has 1 radical (unpaired) electrons. The summed E-state index contributed by atoms with van der Waals surface area (Å²) in [6.45, 7) is 21.1. The Morgan fingerprint density at radius 3 is 2.10 bits per heavy atom. The molecule has 1 aliphatic carbocycles. The maximum atomic E-state index is 12.2. The quantitative estimate of drug-likeness (QED) is 0.0985. The number of aryl methyl sites for hydroxylation is 1. The van der Waals surface area contributed by atoms with Gasteiger partial charge < -0.3 is 5.11 Å². The largest absolute Gasteiger partial charge is 0.512 e. The molecule has 0 unspecified atom stereocenters. The third-order valence-electron chi connectivity index (χ3n) is 11.1. The van der Waals surface area contributed by atoms with Crippen molar-refractivity contribution in [1.82, 2.24) is 4.98 Å². The summed E-state index contributed by atoms with van der Waals surface area (Å²) in [5.74, 6) is 1.30. The van der Waals surface area contributed by atoms with E-state index in [1.807, 2.05) is 47.7 Å². The number of allylic oxidation sites excluding steroid dienone is 2. The van der Waals surface area contributed by atoms with E-state index < -0.39 is 0 Å². The number of rotatable bonds is 10. The van der Waals surface area contributed by atoms with E-state index in [0.29, 0.717) is 11.8 Å². The molecule has 0 saturated carbocycles. The summed E-state index contributed by atoms with van der Waals surface area (Å²) in [5.41, 5.74) is 9.95. The number of hydrogen-bond acceptors (Lipinski definition) is 3. The SMILES string of the molecule is CC(C)c1ccc2c(c1)CCc1c-2ccnc1-c1[c-]c2ccccc2c(C(C)C)c1.CCC(C)(CC)C(=O)/C=C(\O)C(C)(CC)CC.[Ir]. The Morgan fingerprint density at radius 1 is 0.854 bits per heavy atom. The second kappa shape index (κ2) is 16.6. The number of aliphatic hydroxyl groups is 1. The molecule has 0 aliphatic heterocycles. The van der Waals surface area contributed by atoms with E-state index in [9.17, 15) is 9.90 Å². The Kier molecular flexibility index (Phi) is 13.6. The number of nitrogens with zero attached hydrogens (tertiary/aromatic N) is 1. The molecule has 0 atom stereocenters. The average molecular weight is 823 g/mol. The summed E-state index contributed by atoms with van der Waals surface area (Å²) in [6.07, 6.45) is 8.83. The van der Waals surface area contributed by atoms with E-state index in [1.54, 1.807) is 0 Å². The minimum absolute atomic E-state index is 0. The van der Waals surface area contributed by atoms with Crippen molar-refractivity contribution in [2.24, 2.45) is 10.8 Å². The van der Waals surface area contributed by atoms with Gasteiger partial charge in [-0.3, -0.25) is 9.78 Å². The first-order valence-electron chi connectivity index (χ1n) is 17.8. The zero-order valence-electron chi connectivity index (χ0n) is 30.9. The number of carbonyl (C=O) groups is 1. The van der Waals surface area contributed by atoms with Crippen LogP contribution in [0.3, 0.4) is 0 Å². The van der Waals surface area contributed by atoms with Crippen LogP contribution in [0.5, 0.6) is 0 Å². The molecule has 1 aromatic heterocycles. The molecule has 48 heavy (non-hydrogen) atoms. The van der Waals surface area contributed by atoms with E-state index >= 15 is 0 Å². The molecule has 0 saturated heterocycles. The molecule has 0 spiro atoms. The van der Waals surface area contributed by atoms with Crippen molar-refractivity contribution < 1.29 is 30.0 Å². The second-order valence-corrected chi connectivity index (χ2v) is 14.5. The van der Waals surface area contributed by atoms with Crippen molar-refractivity contribution >= 4 is 16.6 Å². The molecular formula is C44H56IrNO2-. The normalized spacial score (nSPS) is 13.0. The topological polar surface area (TPSA) is 50.2 Å². The molecule has 1 heterocycles. The van der Waals surface area contributed by atoms with Crippen molar-refractivity contribution in [1.29, 1.82) is 0 Å². The number of fused-ring (bicyclic) bond motifs is 4. The van der Waals surface area contributed by atoms with Crippen LogP contribution in [0, 0.1) is 16.9 Å². The van der Waals surface area contributed by atoms with Crippen molar-refractivity contribution in [2.45, 2.75) is 120 Å². The van der Waals surface area contributed by atoms with E-state index in [-0.39, 0.29) is 42.5 Å². The molecule has 3 nitrogen and oxygen atoms in total. The number of aliphatic hydroxyl groups excluding tert-OH is 1. The van der Waals surface area contributed by atoms with Crippen LogP contribution >= 0.6 is 0 Å². The van der Waals surface area contributed by atoms with Crippen molar-refractivity contribution in [3.8, 4) is 22.4 Å². The van der Waals surface area contributed by atoms with E-state index in [2.05, 4.69) is 88.4 Å². The average Bonchev–Trinajstić information content (AvgIpc) is 3.09. The molecule has 0 bridgehead atoms. The molecule has 3 aromatic carbocycles. The molecule has 259 valence electrons. The van der Waals surface area contributed by atoms with Crippen LogP contribution in [-0.4, -0.2) is 15.9 Å². The van der Waals surface area contributed by atoms with Crippen molar-refractivity contribution in [3.63, 3.8) is 0 Å². The Morgan fingerprint density at radius 2 is 1.50 bits per heavy atom. The number of benzene rings is 3. The van der Waals surface area contributed by atoms with Gasteiger partial charge in [-0.1, -0.05) is 117 Å². The minimum atomic E-state index is -0.337. The summed E-state index contributed by atoms with van der Waals surface area (Å²) in [4.78, 5) is 17.0. The van der Waals surface area contributed by atoms with Crippen molar-refractivity contribution in [3.05, 3.63) is 101 Å². The van der Waals surface area contributed by atoms with Crippen LogP contribution in [-0.2, 0) is 37.7 Å². The van der Waals surface area contributed by atoms with Gasteiger partial charge in [0.15, 0.2) is 5.78 Å². The van der Waals surface area contributed by atoms with Gasteiger partial charge in [-0.2, -0.15) is 0 Å². The number of pyridine rings is 1. The van der Waals surface area contributed by atoms with Gasteiger partial charge in [0, 0.05) is 48.9 Å². The van der Waals surface area contributed by atoms with Crippen LogP contribution in [0.4, 0.5) is 0 Å². The Hall–Kier alpha value is -3.07. The van der Waals surface area contributed by atoms with Crippen LogP contribution in [0.15, 0.2) is 72.6 Å². The standard InChI is InChI=1S/C29H28N.C15H28O2.Ir/c1-18(2)20-9-11-25-22(15-20)10-12-27-26(25)13-14-30-29(27)23-16-21-7-5-6-8-24(21)28(17-23)19(3)4;1-7-14(5,8-2)12(16)11-13(17)15(6,9-3)10-4;/h5-9,11,13-15,17-19H,10,12H2,1-4H3;11,16H,7-10H2,1-6H3;/q-1;;/b;12-11-;. The van der Waals surface area contributed by atoms with Crippen LogP contribution in [0.2, 0.25) is 0 Å². The number of hydrogen-bond donors (Lipinski definition) is 1. The second-order valence-electron chi connectivity index (χ2n) is 14.5. The number of carbonyl (C=O) groups excluding carboxylic acids is 1. The molecule has 5 rings (SSSR count). The Balaban J connectivity index is 0.000000301. The molecule has 0 fully saturated rings. The van der Waals surface area contributed by atoms with E-state index in [4.69, 9.17) is 4.98 Å². The van der Waals surface area contributed by atoms with Gasteiger partial charge in [-0.25, -0.2) is 0 Å². The minimum Gasteiger partial charge on any atom is -0.512 e. The van der Waals surface area contributed by atoms with Gasteiger partial charge in [-0.15, -0.1) is 29.1 Å².